The minimum atomic E-state index is -0.774. The Kier molecular flexibility index (Phi) is 6.42. The first-order valence-electron chi connectivity index (χ1n) is 11.6. The Balaban J connectivity index is 1.60. The van der Waals surface area contributed by atoms with Crippen LogP contribution < -0.4 is 15.0 Å². The number of phenols is 1. The van der Waals surface area contributed by atoms with Crippen LogP contribution in [0.5, 0.6) is 11.8 Å². The summed E-state index contributed by atoms with van der Waals surface area (Å²) in [5.74, 6) is -1.19. The molecule has 2 saturated heterocycles. The monoisotopic (exact) mass is 471 g/mol. The van der Waals surface area contributed by atoms with E-state index in [9.17, 15) is 9.50 Å². The molecular weight excluding hydrogens is 444 g/mol. The van der Waals surface area contributed by atoms with Gasteiger partial charge in [-0.1, -0.05) is 6.07 Å². The molecule has 2 aliphatic heterocycles. The number of nitrogens with one attached hydrogen (secondary N) is 1. The predicted molar refractivity (Wildman–Crippen MR) is 123 cm³/mol. The number of nitrogens with zero attached hydrogens (tertiary/aromatic N) is 4. The molecule has 2 N–H and O–H groups in total. The number of anilines is 1. The first-order chi connectivity index (χ1) is 16.5. The van der Waals surface area contributed by atoms with Crippen LogP contribution in [0.15, 0.2) is 24.3 Å². The molecule has 0 aliphatic carbocycles. The third-order valence-corrected chi connectivity index (χ3v) is 6.30. The standard InChI is InChI=1S/C24H27F2N5O3/c1-14-11-27-7-8-31(14)23-16-10-18(26)21(20-17(25)5-2-6-19(20)32)28-22(16)29-24(30-23)34-13-15-4-3-9-33-12-15/h2,5-6,10,14-15,27,32H,3-4,7-9,11-13H2,1H3. The smallest absolute Gasteiger partial charge is 0.320 e. The van der Waals surface area contributed by atoms with Crippen LogP contribution in [-0.2, 0) is 4.74 Å². The number of phenolic OH excluding ortho intramolecular Hbond substituents is 1. The lowest BCUT2D eigenvalue weighted by molar-refractivity contribution is 0.0336. The molecule has 180 valence electrons. The maximum atomic E-state index is 15.2. The van der Waals surface area contributed by atoms with E-state index in [1.54, 1.807) is 0 Å². The summed E-state index contributed by atoms with van der Waals surface area (Å²) in [5, 5.41) is 13.9. The quantitative estimate of drug-likeness (QED) is 0.586. The summed E-state index contributed by atoms with van der Waals surface area (Å²) in [4.78, 5) is 15.5. The van der Waals surface area contributed by atoms with E-state index >= 15 is 4.39 Å². The van der Waals surface area contributed by atoms with Crippen molar-refractivity contribution in [3.05, 3.63) is 35.9 Å². The SMILES string of the molecule is CC1CNCCN1c1nc(OCC2CCCOC2)nc2nc(-c3c(O)cccc3F)c(F)cc12. The van der Waals surface area contributed by atoms with Crippen LogP contribution in [0.1, 0.15) is 19.8 Å². The van der Waals surface area contributed by atoms with Gasteiger partial charge < -0.3 is 24.8 Å². The highest BCUT2D eigenvalue weighted by molar-refractivity contribution is 5.90. The maximum absolute atomic E-state index is 15.2. The van der Waals surface area contributed by atoms with Gasteiger partial charge in [0.05, 0.1) is 24.2 Å². The molecule has 34 heavy (non-hydrogen) atoms. The lowest BCUT2D eigenvalue weighted by Gasteiger charge is -2.35. The Morgan fingerprint density at radius 1 is 1.24 bits per heavy atom. The van der Waals surface area contributed by atoms with E-state index in [0.717, 1.165) is 38.6 Å². The second kappa shape index (κ2) is 9.63. The molecule has 2 aromatic heterocycles. The second-order valence-electron chi connectivity index (χ2n) is 8.79. The lowest BCUT2D eigenvalue weighted by Crippen LogP contribution is -2.50. The predicted octanol–water partition coefficient (Wildman–Crippen LogP) is 3.28. The average molecular weight is 472 g/mol. The van der Waals surface area contributed by atoms with Crippen molar-refractivity contribution in [2.24, 2.45) is 5.92 Å². The number of ether oxygens (including phenoxy) is 2. The van der Waals surface area contributed by atoms with E-state index in [-0.39, 0.29) is 34.9 Å². The number of benzene rings is 1. The van der Waals surface area contributed by atoms with Gasteiger partial charge in [-0.25, -0.2) is 13.8 Å². The van der Waals surface area contributed by atoms with E-state index in [0.29, 0.717) is 31.0 Å². The van der Waals surface area contributed by atoms with Crippen LogP contribution >= 0.6 is 0 Å². The number of hydrogen-bond donors (Lipinski definition) is 2. The molecule has 1 aromatic carbocycles. The van der Waals surface area contributed by atoms with Crippen molar-refractivity contribution >= 4 is 16.9 Å². The Morgan fingerprint density at radius 2 is 2.12 bits per heavy atom. The normalized spacial score (nSPS) is 21.1. The van der Waals surface area contributed by atoms with Crippen molar-refractivity contribution in [2.75, 3.05) is 44.4 Å². The highest BCUT2D eigenvalue weighted by Crippen LogP contribution is 2.36. The molecule has 5 rings (SSSR count). The summed E-state index contributed by atoms with van der Waals surface area (Å²) in [6.45, 7) is 5.99. The van der Waals surface area contributed by atoms with Crippen LogP contribution in [-0.4, -0.2) is 65.6 Å². The molecule has 0 amide bonds. The Bertz CT molecular complexity index is 1170. The van der Waals surface area contributed by atoms with Gasteiger partial charge in [0, 0.05) is 38.2 Å². The number of fused-ring (bicyclic) bond motifs is 1. The van der Waals surface area contributed by atoms with Crippen molar-refractivity contribution < 1.29 is 23.4 Å². The van der Waals surface area contributed by atoms with E-state index in [1.807, 2.05) is 0 Å². The molecule has 2 unspecified atom stereocenters. The number of hydrogen-bond acceptors (Lipinski definition) is 8. The molecule has 8 nitrogen and oxygen atoms in total. The van der Waals surface area contributed by atoms with E-state index in [1.165, 1.54) is 18.2 Å². The molecule has 0 radical (unpaired) electrons. The van der Waals surface area contributed by atoms with Gasteiger partial charge in [-0.3, -0.25) is 0 Å². The van der Waals surface area contributed by atoms with E-state index in [2.05, 4.69) is 32.1 Å². The number of pyridine rings is 1. The minimum absolute atomic E-state index is 0.102. The summed E-state index contributed by atoms with van der Waals surface area (Å²) in [7, 11) is 0. The highest BCUT2D eigenvalue weighted by Gasteiger charge is 2.26. The molecule has 2 aliphatic rings. The van der Waals surface area contributed by atoms with Gasteiger partial charge >= 0.3 is 6.01 Å². The maximum Gasteiger partial charge on any atom is 0.320 e. The molecule has 4 heterocycles. The van der Waals surface area contributed by atoms with Gasteiger partial charge in [-0.05, 0) is 38.0 Å². The first kappa shape index (κ1) is 22.7. The molecule has 2 fully saturated rings. The van der Waals surface area contributed by atoms with Crippen LogP contribution in [0.25, 0.3) is 22.3 Å². The highest BCUT2D eigenvalue weighted by atomic mass is 19.1. The van der Waals surface area contributed by atoms with Crippen LogP contribution in [0, 0.1) is 17.6 Å². The van der Waals surface area contributed by atoms with Crippen LogP contribution in [0.2, 0.25) is 0 Å². The van der Waals surface area contributed by atoms with E-state index < -0.39 is 17.4 Å². The first-order valence-corrected chi connectivity index (χ1v) is 11.6. The Labute approximate surface area is 195 Å². The molecule has 2 atom stereocenters. The number of aromatic hydroxyl groups is 1. The summed E-state index contributed by atoms with van der Waals surface area (Å²) in [6, 6.07) is 5.27. The summed E-state index contributed by atoms with van der Waals surface area (Å²) < 4.78 is 41.2. The number of halogens is 2. The van der Waals surface area contributed by atoms with Crippen LogP contribution in [0.3, 0.4) is 0 Å². The van der Waals surface area contributed by atoms with Crippen molar-refractivity contribution in [1.82, 2.24) is 20.3 Å². The summed E-state index contributed by atoms with van der Waals surface area (Å²) in [6.07, 6.45) is 1.97. The second-order valence-corrected chi connectivity index (χ2v) is 8.79. The number of piperazine rings is 1. The largest absolute Gasteiger partial charge is 0.507 e. The summed E-state index contributed by atoms with van der Waals surface area (Å²) in [5.41, 5.74) is -0.447. The number of aromatic nitrogens is 3. The van der Waals surface area contributed by atoms with E-state index in [4.69, 9.17) is 9.47 Å². The molecule has 3 aromatic rings. The van der Waals surface area contributed by atoms with Crippen molar-refractivity contribution in [2.45, 2.75) is 25.8 Å². The zero-order valence-electron chi connectivity index (χ0n) is 18.9. The van der Waals surface area contributed by atoms with Gasteiger partial charge in [0.15, 0.2) is 11.5 Å². The minimum Gasteiger partial charge on any atom is -0.507 e. The Morgan fingerprint density at radius 3 is 2.88 bits per heavy atom. The molecular formula is C24H27F2N5O3. The molecule has 10 heteroatoms. The van der Waals surface area contributed by atoms with Crippen LogP contribution in [0.4, 0.5) is 14.6 Å². The average Bonchev–Trinajstić information content (AvgIpc) is 2.84. The number of rotatable bonds is 5. The third-order valence-electron chi connectivity index (χ3n) is 6.30. The fourth-order valence-electron chi connectivity index (χ4n) is 4.49. The van der Waals surface area contributed by atoms with Gasteiger partial charge in [0.25, 0.3) is 0 Å². The lowest BCUT2D eigenvalue weighted by atomic mass is 10.0. The van der Waals surface area contributed by atoms with Gasteiger partial charge in [0.2, 0.25) is 0 Å². The fourth-order valence-corrected chi connectivity index (χ4v) is 4.49. The molecule has 0 bridgehead atoms. The van der Waals surface area contributed by atoms with Crippen molar-refractivity contribution in [3.63, 3.8) is 0 Å². The van der Waals surface area contributed by atoms with Gasteiger partial charge in [-0.15, -0.1) is 0 Å². The van der Waals surface area contributed by atoms with Crippen molar-refractivity contribution in [3.8, 4) is 23.0 Å². The topological polar surface area (TPSA) is 92.6 Å². The molecule has 0 spiro atoms. The Hall–Kier alpha value is -3.11. The van der Waals surface area contributed by atoms with Gasteiger partial charge in [-0.2, -0.15) is 9.97 Å². The van der Waals surface area contributed by atoms with Crippen molar-refractivity contribution in [1.29, 1.82) is 0 Å². The summed E-state index contributed by atoms with van der Waals surface area (Å²) >= 11 is 0. The zero-order chi connectivity index (χ0) is 23.7. The zero-order valence-corrected chi connectivity index (χ0v) is 18.9. The third kappa shape index (κ3) is 4.47. The fraction of sp³-hybridized carbons (Fsp3) is 0.458. The van der Waals surface area contributed by atoms with Gasteiger partial charge in [0.1, 0.15) is 23.1 Å². The molecule has 0 saturated carbocycles.